The van der Waals surface area contributed by atoms with Gasteiger partial charge in [-0.25, -0.2) is 0 Å². The van der Waals surface area contributed by atoms with Gasteiger partial charge >= 0.3 is 5.97 Å². The van der Waals surface area contributed by atoms with Gasteiger partial charge in [0, 0.05) is 17.4 Å². The average molecular weight is 263 g/mol. The van der Waals surface area contributed by atoms with Gasteiger partial charge in [0.15, 0.2) is 0 Å². The molecule has 1 aliphatic rings. The van der Waals surface area contributed by atoms with Crippen molar-refractivity contribution in [2.24, 2.45) is 0 Å². The summed E-state index contributed by atoms with van der Waals surface area (Å²) in [6, 6.07) is 9.02. The highest BCUT2D eigenvalue weighted by molar-refractivity contribution is 8.02. The molecule has 2 N–H and O–H groups in total. The van der Waals surface area contributed by atoms with Crippen molar-refractivity contribution in [1.29, 1.82) is 0 Å². The largest absolute Gasteiger partial charge is 0.481 e. The number of carboxylic acids is 1. The van der Waals surface area contributed by atoms with Gasteiger partial charge in [-0.2, -0.15) is 0 Å². The third-order valence-electron chi connectivity index (χ3n) is 2.58. The second kappa shape index (κ2) is 5.73. The Balaban J connectivity index is 2.02. The maximum Gasteiger partial charge on any atom is 0.304 e. The van der Waals surface area contributed by atoms with Crippen LogP contribution in [0.1, 0.15) is 16.8 Å². The predicted molar refractivity (Wildman–Crippen MR) is 70.5 cm³/mol. The number of allylic oxidation sites excluding steroid dienone is 1. The normalized spacial score (nSPS) is 18.7. The molecule has 5 heteroatoms. The zero-order valence-corrected chi connectivity index (χ0v) is 10.4. The second-order valence-corrected chi connectivity index (χ2v) is 5.14. The van der Waals surface area contributed by atoms with E-state index in [0.29, 0.717) is 17.8 Å². The van der Waals surface area contributed by atoms with Crippen molar-refractivity contribution >= 4 is 23.5 Å². The molecule has 0 aliphatic carbocycles. The molecule has 1 unspecified atom stereocenters. The zero-order chi connectivity index (χ0) is 13.0. The van der Waals surface area contributed by atoms with Gasteiger partial charge in [0.05, 0.1) is 12.1 Å². The molecule has 1 aliphatic heterocycles. The number of aliphatic carboxylic acids is 1. The van der Waals surface area contributed by atoms with E-state index in [4.69, 9.17) is 5.11 Å². The number of carbonyl (C=O) groups excluding carboxylic acids is 1. The molecule has 0 spiro atoms. The molecule has 1 aromatic rings. The van der Waals surface area contributed by atoms with Crippen molar-refractivity contribution in [1.82, 2.24) is 5.32 Å². The van der Waals surface area contributed by atoms with Crippen LogP contribution < -0.4 is 5.32 Å². The monoisotopic (exact) mass is 263 g/mol. The minimum atomic E-state index is -0.819. The number of thioether (sulfide) groups is 1. The van der Waals surface area contributed by atoms with Crippen molar-refractivity contribution in [3.05, 3.63) is 47.0 Å². The first-order chi connectivity index (χ1) is 8.66. The fraction of sp³-hybridized carbons (Fsp3) is 0.231. The van der Waals surface area contributed by atoms with Crippen molar-refractivity contribution in [3.63, 3.8) is 0 Å². The molecule has 0 saturated heterocycles. The van der Waals surface area contributed by atoms with E-state index in [1.54, 1.807) is 17.5 Å². The van der Waals surface area contributed by atoms with Crippen LogP contribution in [0.4, 0.5) is 0 Å². The fourth-order valence-corrected chi connectivity index (χ4v) is 2.61. The van der Waals surface area contributed by atoms with E-state index >= 15 is 0 Å². The van der Waals surface area contributed by atoms with E-state index in [1.165, 1.54) is 11.8 Å². The predicted octanol–water partition coefficient (Wildman–Crippen LogP) is 1.89. The molecule has 0 saturated carbocycles. The van der Waals surface area contributed by atoms with E-state index in [1.807, 2.05) is 18.2 Å². The van der Waals surface area contributed by atoms with Crippen LogP contribution in [0.3, 0.4) is 0 Å². The minimum Gasteiger partial charge on any atom is -0.481 e. The topological polar surface area (TPSA) is 66.4 Å². The first-order valence-corrected chi connectivity index (χ1v) is 6.52. The lowest BCUT2D eigenvalue weighted by atomic mass is 10.1. The zero-order valence-electron chi connectivity index (χ0n) is 9.63. The number of ketones is 1. The Labute approximate surface area is 109 Å². The summed E-state index contributed by atoms with van der Waals surface area (Å²) in [5.74, 6) is -0.877. The van der Waals surface area contributed by atoms with Crippen LogP contribution in [0, 0.1) is 0 Å². The highest BCUT2D eigenvalue weighted by Gasteiger charge is 2.21. The summed E-state index contributed by atoms with van der Waals surface area (Å²) in [7, 11) is 0. The van der Waals surface area contributed by atoms with Gasteiger partial charge in [-0.1, -0.05) is 30.3 Å². The number of carboxylic acid groups (broad SMARTS) is 1. The molecule has 94 valence electrons. The van der Waals surface area contributed by atoms with Gasteiger partial charge in [0.2, 0.25) is 5.78 Å². The van der Waals surface area contributed by atoms with Crippen LogP contribution in [-0.4, -0.2) is 28.7 Å². The minimum absolute atomic E-state index is 0.0187. The third kappa shape index (κ3) is 3.13. The molecule has 18 heavy (non-hydrogen) atoms. The first-order valence-electron chi connectivity index (χ1n) is 5.58. The smallest absolute Gasteiger partial charge is 0.304 e. The Bertz CT molecular complexity index is 484. The van der Waals surface area contributed by atoms with Crippen LogP contribution in [0.15, 0.2) is 41.4 Å². The highest BCUT2D eigenvalue weighted by Crippen LogP contribution is 2.23. The quantitative estimate of drug-likeness (QED) is 0.812. The summed E-state index contributed by atoms with van der Waals surface area (Å²) >= 11 is 1.40. The molecular formula is C13H13NO3S. The average Bonchev–Trinajstić information content (AvgIpc) is 2.39. The van der Waals surface area contributed by atoms with E-state index in [9.17, 15) is 9.59 Å². The lowest BCUT2D eigenvalue weighted by molar-refractivity contribution is -0.136. The van der Waals surface area contributed by atoms with Crippen LogP contribution >= 0.6 is 11.8 Å². The first kappa shape index (κ1) is 12.7. The van der Waals surface area contributed by atoms with E-state index in [2.05, 4.69) is 5.32 Å². The number of hydrogen-bond acceptors (Lipinski definition) is 4. The summed E-state index contributed by atoms with van der Waals surface area (Å²) in [6.07, 6.45) is 0.0982. The van der Waals surface area contributed by atoms with E-state index in [-0.39, 0.29) is 17.5 Å². The number of Topliss-reactive ketones (excluding diaryl/α,β-unsaturated/α-hetero) is 1. The molecule has 1 heterocycles. The Morgan fingerprint density at radius 1 is 1.33 bits per heavy atom. The highest BCUT2D eigenvalue weighted by atomic mass is 32.2. The molecular weight excluding hydrogens is 250 g/mol. The van der Waals surface area contributed by atoms with Crippen LogP contribution in [0.5, 0.6) is 0 Å². The number of benzene rings is 1. The second-order valence-electron chi connectivity index (χ2n) is 3.96. The summed E-state index contributed by atoms with van der Waals surface area (Å²) in [4.78, 5) is 22.6. The summed E-state index contributed by atoms with van der Waals surface area (Å²) < 4.78 is 0. The van der Waals surface area contributed by atoms with E-state index < -0.39 is 5.97 Å². The van der Waals surface area contributed by atoms with Crippen molar-refractivity contribution in [2.75, 3.05) is 6.54 Å². The van der Waals surface area contributed by atoms with Gasteiger partial charge in [-0.15, -0.1) is 11.8 Å². The number of rotatable bonds is 4. The molecule has 0 amide bonds. The van der Waals surface area contributed by atoms with E-state index in [0.717, 1.165) is 0 Å². The summed E-state index contributed by atoms with van der Waals surface area (Å²) in [5, 5.41) is 13.4. The maximum absolute atomic E-state index is 12.1. The molecule has 0 radical (unpaired) electrons. The lowest BCUT2D eigenvalue weighted by Crippen LogP contribution is -2.32. The number of carbonyl (C=O) groups is 2. The lowest BCUT2D eigenvalue weighted by Gasteiger charge is -2.21. The number of hydrogen-bond donors (Lipinski definition) is 2. The summed E-state index contributed by atoms with van der Waals surface area (Å²) in [5.41, 5.74) is 1.17. The molecule has 4 nitrogen and oxygen atoms in total. The van der Waals surface area contributed by atoms with Gasteiger partial charge in [0.25, 0.3) is 0 Å². The maximum atomic E-state index is 12.1. The van der Waals surface area contributed by atoms with Crippen LogP contribution in [0.2, 0.25) is 0 Å². The number of nitrogens with one attached hydrogen (secondary N) is 1. The van der Waals surface area contributed by atoms with Crippen molar-refractivity contribution in [2.45, 2.75) is 11.7 Å². The molecule has 0 bridgehead atoms. The summed E-state index contributed by atoms with van der Waals surface area (Å²) in [6.45, 7) is 0.501. The standard InChI is InChI=1S/C13H13NO3S/c15-12(16)6-10-7-14-11(8-18-10)13(17)9-4-2-1-3-5-9/h1-5,8,10,14H,6-7H2,(H,15,16). The Morgan fingerprint density at radius 3 is 2.61 bits per heavy atom. The molecule has 0 aromatic heterocycles. The Hall–Kier alpha value is -1.75. The molecule has 2 rings (SSSR count). The Kier molecular flexibility index (Phi) is 4.04. The van der Waals surface area contributed by atoms with Gasteiger partial charge in [0.1, 0.15) is 0 Å². The van der Waals surface area contributed by atoms with Crippen LogP contribution in [0.25, 0.3) is 0 Å². The molecule has 1 atom stereocenters. The van der Waals surface area contributed by atoms with Gasteiger partial charge in [-0.05, 0) is 5.41 Å². The fourth-order valence-electron chi connectivity index (χ4n) is 1.67. The Morgan fingerprint density at radius 2 is 2.06 bits per heavy atom. The van der Waals surface area contributed by atoms with Crippen molar-refractivity contribution < 1.29 is 14.7 Å². The SMILES string of the molecule is O=C(O)CC1CNC(C(=O)c2ccccc2)=CS1. The van der Waals surface area contributed by atoms with Crippen molar-refractivity contribution in [3.8, 4) is 0 Å². The molecule has 0 fully saturated rings. The van der Waals surface area contributed by atoms with Gasteiger partial charge < -0.3 is 10.4 Å². The third-order valence-corrected chi connectivity index (χ3v) is 3.67. The van der Waals surface area contributed by atoms with Gasteiger partial charge in [-0.3, -0.25) is 9.59 Å². The van der Waals surface area contributed by atoms with Crippen LogP contribution in [-0.2, 0) is 4.79 Å². The molecule has 1 aromatic carbocycles.